The SMILES string of the molecule is FCCOc1ccc(COc2ccc(I)cc2)cc1. The van der Waals surface area contributed by atoms with Gasteiger partial charge < -0.3 is 9.47 Å². The van der Waals surface area contributed by atoms with Gasteiger partial charge in [0.1, 0.15) is 31.4 Å². The molecule has 0 fully saturated rings. The average Bonchev–Trinajstić information content (AvgIpc) is 2.46. The molecule has 2 aromatic carbocycles. The van der Waals surface area contributed by atoms with E-state index in [2.05, 4.69) is 22.6 Å². The van der Waals surface area contributed by atoms with E-state index in [1.807, 2.05) is 48.5 Å². The van der Waals surface area contributed by atoms with Crippen LogP contribution in [0.1, 0.15) is 5.56 Å². The summed E-state index contributed by atoms with van der Waals surface area (Å²) in [7, 11) is 0. The van der Waals surface area contributed by atoms with E-state index in [4.69, 9.17) is 9.47 Å². The number of rotatable bonds is 6. The predicted octanol–water partition coefficient (Wildman–Crippen LogP) is 4.22. The fourth-order valence-corrected chi connectivity index (χ4v) is 1.90. The molecule has 0 heterocycles. The van der Waals surface area contributed by atoms with Gasteiger partial charge in [0.15, 0.2) is 0 Å². The van der Waals surface area contributed by atoms with Gasteiger partial charge in [0, 0.05) is 3.57 Å². The van der Waals surface area contributed by atoms with Crippen LogP contribution in [-0.2, 0) is 6.61 Å². The first-order valence-corrected chi connectivity index (χ1v) is 7.02. The van der Waals surface area contributed by atoms with Gasteiger partial charge >= 0.3 is 0 Å². The summed E-state index contributed by atoms with van der Waals surface area (Å²) in [6.07, 6.45) is 0. The molecule has 0 aliphatic rings. The quantitative estimate of drug-likeness (QED) is 0.707. The zero-order chi connectivity index (χ0) is 13.5. The second kappa shape index (κ2) is 7.33. The zero-order valence-corrected chi connectivity index (χ0v) is 12.5. The molecule has 2 aromatic rings. The number of ether oxygens (including phenoxy) is 2. The molecule has 0 radical (unpaired) electrons. The van der Waals surface area contributed by atoms with Crippen molar-refractivity contribution in [2.24, 2.45) is 0 Å². The highest BCUT2D eigenvalue weighted by Crippen LogP contribution is 2.17. The summed E-state index contributed by atoms with van der Waals surface area (Å²) < 4.78 is 24.0. The van der Waals surface area contributed by atoms with Crippen molar-refractivity contribution in [1.82, 2.24) is 0 Å². The first-order chi connectivity index (χ1) is 9.28. The van der Waals surface area contributed by atoms with E-state index < -0.39 is 6.67 Å². The molecule has 0 saturated heterocycles. The standard InChI is InChI=1S/C15H14FIO2/c16-9-10-18-14-5-1-12(2-6-14)11-19-15-7-3-13(17)4-8-15/h1-8H,9-11H2. The number of alkyl halides is 1. The van der Waals surface area contributed by atoms with E-state index in [1.165, 1.54) is 3.57 Å². The van der Waals surface area contributed by atoms with Gasteiger partial charge in [-0.2, -0.15) is 0 Å². The predicted molar refractivity (Wildman–Crippen MR) is 81.4 cm³/mol. The Bertz CT molecular complexity index is 497. The number of hydrogen-bond acceptors (Lipinski definition) is 2. The maximum atomic E-state index is 11.9. The Morgan fingerprint density at radius 3 is 2.05 bits per heavy atom. The third kappa shape index (κ3) is 4.70. The first kappa shape index (κ1) is 14.1. The molecular formula is C15H14FIO2. The summed E-state index contributed by atoms with van der Waals surface area (Å²) in [5, 5.41) is 0. The third-order valence-corrected chi connectivity index (χ3v) is 3.21. The van der Waals surface area contributed by atoms with Crippen molar-refractivity contribution in [3.63, 3.8) is 0 Å². The van der Waals surface area contributed by atoms with Crippen LogP contribution in [0.2, 0.25) is 0 Å². The highest BCUT2D eigenvalue weighted by Gasteiger charge is 1.98. The monoisotopic (exact) mass is 372 g/mol. The van der Waals surface area contributed by atoms with Gasteiger partial charge in [-0.1, -0.05) is 12.1 Å². The third-order valence-electron chi connectivity index (χ3n) is 2.49. The van der Waals surface area contributed by atoms with Gasteiger partial charge in [-0.15, -0.1) is 0 Å². The molecule has 0 saturated carbocycles. The van der Waals surface area contributed by atoms with Crippen molar-refractivity contribution in [2.75, 3.05) is 13.3 Å². The van der Waals surface area contributed by atoms with Gasteiger partial charge in [-0.05, 0) is 64.6 Å². The summed E-state index contributed by atoms with van der Waals surface area (Å²) in [5.41, 5.74) is 1.05. The van der Waals surface area contributed by atoms with Crippen LogP contribution in [0.25, 0.3) is 0 Å². The van der Waals surface area contributed by atoms with Crippen LogP contribution in [0.5, 0.6) is 11.5 Å². The van der Waals surface area contributed by atoms with Crippen LogP contribution in [0.4, 0.5) is 4.39 Å². The van der Waals surface area contributed by atoms with E-state index in [1.54, 1.807) is 0 Å². The van der Waals surface area contributed by atoms with E-state index >= 15 is 0 Å². The lowest BCUT2D eigenvalue weighted by Gasteiger charge is -2.08. The maximum absolute atomic E-state index is 11.9. The van der Waals surface area contributed by atoms with Crippen LogP contribution in [-0.4, -0.2) is 13.3 Å². The molecule has 100 valence electrons. The van der Waals surface area contributed by atoms with Gasteiger partial charge in [-0.3, -0.25) is 0 Å². The normalized spacial score (nSPS) is 10.2. The minimum atomic E-state index is -0.475. The number of benzene rings is 2. The second-order valence-electron chi connectivity index (χ2n) is 3.92. The summed E-state index contributed by atoms with van der Waals surface area (Å²) in [5.74, 6) is 1.52. The molecule has 0 spiro atoms. The van der Waals surface area contributed by atoms with Crippen molar-refractivity contribution in [2.45, 2.75) is 6.61 Å². The molecule has 2 rings (SSSR count). The molecule has 19 heavy (non-hydrogen) atoms. The van der Waals surface area contributed by atoms with E-state index in [-0.39, 0.29) is 6.61 Å². The number of hydrogen-bond donors (Lipinski definition) is 0. The summed E-state index contributed by atoms with van der Waals surface area (Å²) >= 11 is 2.25. The second-order valence-corrected chi connectivity index (χ2v) is 5.17. The van der Waals surface area contributed by atoms with Gasteiger partial charge in [-0.25, -0.2) is 4.39 Å². The first-order valence-electron chi connectivity index (χ1n) is 5.94. The van der Waals surface area contributed by atoms with Crippen molar-refractivity contribution in [3.8, 4) is 11.5 Å². The zero-order valence-electron chi connectivity index (χ0n) is 10.3. The van der Waals surface area contributed by atoms with Crippen LogP contribution >= 0.6 is 22.6 Å². The lowest BCUT2D eigenvalue weighted by Crippen LogP contribution is -1.99. The summed E-state index contributed by atoms with van der Waals surface area (Å²) in [4.78, 5) is 0. The molecule has 0 aliphatic carbocycles. The average molecular weight is 372 g/mol. The minimum Gasteiger partial charge on any atom is -0.491 e. The van der Waals surface area contributed by atoms with Crippen LogP contribution in [0, 0.1) is 3.57 Å². The van der Waals surface area contributed by atoms with Crippen molar-refractivity contribution >= 4 is 22.6 Å². The van der Waals surface area contributed by atoms with Crippen LogP contribution in [0.15, 0.2) is 48.5 Å². The summed E-state index contributed by atoms with van der Waals surface area (Å²) in [6, 6.07) is 15.4. The lowest BCUT2D eigenvalue weighted by molar-refractivity contribution is 0.272. The van der Waals surface area contributed by atoms with Crippen molar-refractivity contribution in [1.29, 1.82) is 0 Å². The van der Waals surface area contributed by atoms with E-state index in [9.17, 15) is 4.39 Å². The Labute approximate surface area is 125 Å². The fraction of sp³-hybridized carbons (Fsp3) is 0.200. The molecule has 0 unspecified atom stereocenters. The van der Waals surface area contributed by atoms with Crippen LogP contribution in [0.3, 0.4) is 0 Å². The molecule has 0 aromatic heterocycles. The molecule has 0 bridgehead atoms. The van der Waals surface area contributed by atoms with Gasteiger partial charge in [0.25, 0.3) is 0 Å². The van der Waals surface area contributed by atoms with Crippen molar-refractivity contribution in [3.05, 3.63) is 57.7 Å². The van der Waals surface area contributed by atoms with Gasteiger partial charge in [0.2, 0.25) is 0 Å². The largest absolute Gasteiger partial charge is 0.491 e. The van der Waals surface area contributed by atoms with Crippen LogP contribution < -0.4 is 9.47 Å². The highest BCUT2D eigenvalue weighted by atomic mass is 127. The molecule has 0 N–H and O–H groups in total. The Morgan fingerprint density at radius 2 is 1.42 bits per heavy atom. The molecule has 2 nitrogen and oxygen atoms in total. The topological polar surface area (TPSA) is 18.5 Å². The van der Waals surface area contributed by atoms with E-state index in [0.29, 0.717) is 12.4 Å². The molecule has 0 atom stereocenters. The Balaban J connectivity index is 1.87. The maximum Gasteiger partial charge on any atom is 0.123 e. The highest BCUT2D eigenvalue weighted by molar-refractivity contribution is 14.1. The Hall–Kier alpha value is -1.30. The van der Waals surface area contributed by atoms with E-state index in [0.717, 1.165) is 11.3 Å². The van der Waals surface area contributed by atoms with Gasteiger partial charge in [0.05, 0.1) is 0 Å². The minimum absolute atomic E-state index is 0.0957. The molecular weight excluding hydrogens is 358 g/mol. The molecule has 0 amide bonds. The van der Waals surface area contributed by atoms with Crippen molar-refractivity contribution < 1.29 is 13.9 Å². The lowest BCUT2D eigenvalue weighted by atomic mass is 10.2. The molecule has 0 aliphatic heterocycles. The smallest absolute Gasteiger partial charge is 0.123 e. The Kier molecular flexibility index (Phi) is 5.44. The summed E-state index contributed by atoms with van der Waals surface area (Å²) in [6.45, 7) is 0.125. The number of halogens is 2. The molecule has 4 heteroatoms. The fourth-order valence-electron chi connectivity index (χ4n) is 1.54. The Morgan fingerprint density at radius 1 is 0.842 bits per heavy atom.